The molecule has 2 bridgehead atoms. The molecule has 1 N–H and O–H groups in total. The van der Waals surface area contributed by atoms with Crippen LogP contribution < -0.4 is 9.46 Å². The minimum atomic E-state index is -3.34. The van der Waals surface area contributed by atoms with Crippen LogP contribution in [-0.2, 0) is 14.8 Å². The van der Waals surface area contributed by atoms with Crippen molar-refractivity contribution in [3.05, 3.63) is 29.8 Å². The molecule has 2 aliphatic carbocycles. The maximum Gasteiger partial charge on any atom is 0.209 e. The maximum atomic E-state index is 15.3. The van der Waals surface area contributed by atoms with Gasteiger partial charge in [-0.15, -0.1) is 0 Å². The second-order valence-electron chi connectivity index (χ2n) is 8.67. The van der Waals surface area contributed by atoms with Gasteiger partial charge in [-0.3, -0.25) is 0 Å². The molecule has 156 valence electrons. The average Bonchev–Trinajstić information content (AvgIpc) is 2.64. The standard InChI is InChI=1S/C21H30FNO4S/c1-28(24,25)23-19-7-4-5-16-13-26-20-8-3-2-6-17(20)15-9-11-21(22,12-10-15)27-14-18(16)19/h2-3,6,8,15-16,18-19,23H,4-5,7,9-14H2,1H3/t15?,16?,18-,19+,21?/m1/s1. The fourth-order valence-electron chi connectivity index (χ4n) is 5.13. The van der Waals surface area contributed by atoms with Crippen LogP contribution in [0.4, 0.5) is 4.39 Å². The molecule has 1 unspecified atom stereocenters. The molecule has 2 heterocycles. The lowest BCUT2D eigenvalue weighted by Crippen LogP contribution is -2.49. The summed E-state index contributed by atoms with van der Waals surface area (Å²) in [5.41, 5.74) is 1.16. The molecule has 0 amide bonds. The third-order valence-electron chi connectivity index (χ3n) is 6.66. The highest BCUT2D eigenvalue weighted by atomic mass is 32.2. The lowest BCUT2D eigenvalue weighted by molar-refractivity contribution is -0.183. The van der Waals surface area contributed by atoms with Crippen LogP contribution in [0.15, 0.2) is 24.3 Å². The van der Waals surface area contributed by atoms with Crippen LogP contribution in [0, 0.1) is 11.8 Å². The van der Waals surface area contributed by atoms with Gasteiger partial charge in [0.05, 0.1) is 19.5 Å². The number of alkyl halides is 1. The Morgan fingerprint density at radius 3 is 2.61 bits per heavy atom. The Morgan fingerprint density at radius 1 is 1.11 bits per heavy atom. The summed E-state index contributed by atoms with van der Waals surface area (Å²) in [6.07, 6.45) is 5.98. The molecule has 1 aromatic rings. The van der Waals surface area contributed by atoms with E-state index in [-0.39, 0.29) is 24.5 Å². The summed E-state index contributed by atoms with van der Waals surface area (Å²) >= 11 is 0. The van der Waals surface area contributed by atoms with Crippen molar-refractivity contribution >= 4 is 10.0 Å². The molecule has 4 aliphatic rings. The summed E-state index contributed by atoms with van der Waals surface area (Å²) in [6, 6.07) is 7.83. The van der Waals surface area contributed by atoms with Gasteiger partial charge >= 0.3 is 0 Å². The van der Waals surface area contributed by atoms with Crippen molar-refractivity contribution in [1.82, 2.24) is 4.72 Å². The topological polar surface area (TPSA) is 64.6 Å². The van der Waals surface area contributed by atoms with E-state index in [9.17, 15) is 8.42 Å². The Hall–Kier alpha value is -1.18. The molecule has 3 atom stereocenters. The summed E-state index contributed by atoms with van der Waals surface area (Å²) in [5.74, 6) is -0.395. The molecule has 7 heteroatoms. The molecule has 0 saturated heterocycles. The van der Waals surface area contributed by atoms with Crippen molar-refractivity contribution in [3.63, 3.8) is 0 Å². The molecule has 1 aromatic carbocycles. The van der Waals surface area contributed by atoms with Gasteiger partial charge in [0.1, 0.15) is 5.75 Å². The number of nitrogens with one attached hydrogen (secondary N) is 1. The number of para-hydroxylation sites is 1. The van der Waals surface area contributed by atoms with Crippen LogP contribution in [0.2, 0.25) is 0 Å². The highest BCUT2D eigenvalue weighted by molar-refractivity contribution is 7.88. The number of halogens is 1. The molecule has 28 heavy (non-hydrogen) atoms. The quantitative estimate of drug-likeness (QED) is 0.805. The van der Waals surface area contributed by atoms with Crippen LogP contribution in [0.1, 0.15) is 56.4 Å². The van der Waals surface area contributed by atoms with Gasteiger partial charge in [0, 0.05) is 24.8 Å². The number of ether oxygens (including phenoxy) is 2. The second-order valence-corrected chi connectivity index (χ2v) is 10.4. The highest BCUT2D eigenvalue weighted by Crippen LogP contribution is 2.45. The summed E-state index contributed by atoms with van der Waals surface area (Å²) in [6.45, 7) is 0.725. The smallest absolute Gasteiger partial charge is 0.209 e. The third kappa shape index (κ3) is 4.52. The third-order valence-corrected chi connectivity index (χ3v) is 7.39. The Labute approximate surface area is 167 Å². The zero-order valence-electron chi connectivity index (χ0n) is 16.4. The van der Waals surface area contributed by atoms with Gasteiger partial charge in [-0.1, -0.05) is 24.6 Å². The van der Waals surface area contributed by atoms with E-state index in [0.29, 0.717) is 25.4 Å². The van der Waals surface area contributed by atoms with E-state index >= 15 is 4.39 Å². The molecule has 2 fully saturated rings. The van der Waals surface area contributed by atoms with Crippen LogP contribution in [0.5, 0.6) is 5.75 Å². The first-order valence-corrected chi connectivity index (χ1v) is 12.2. The van der Waals surface area contributed by atoms with Gasteiger partial charge in [0.25, 0.3) is 0 Å². The molecule has 0 spiro atoms. The molecule has 0 radical (unpaired) electrons. The van der Waals surface area contributed by atoms with Gasteiger partial charge in [0.15, 0.2) is 0 Å². The predicted octanol–water partition coefficient (Wildman–Crippen LogP) is 3.75. The Balaban J connectivity index is 1.63. The van der Waals surface area contributed by atoms with Crippen molar-refractivity contribution in [3.8, 4) is 5.75 Å². The highest BCUT2D eigenvalue weighted by Gasteiger charge is 2.42. The van der Waals surface area contributed by atoms with Gasteiger partial charge in [-0.2, -0.15) is 0 Å². The van der Waals surface area contributed by atoms with Gasteiger partial charge < -0.3 is 9.47 Å². The first kappa shape index (κ1) is 20.1. The minimum absolute atomic E-state index is 0.0968. The molecule has 2 aliphatic heterocycles. The van der Waals surface area contributed by atoms with E-state index in [1.165, 1.54) is 6.26 Å². The number of rotatable bonds is 2. The number of sulfonamides is 1. The van der Waals surface area contributed by atoms with E-state index in [1.54, 1.807) is 0 Å². The monoisotopic (exact) mass is 411 g/mol. The number of benzene rings is 1. The summed E-state index contributed by atoms with van der Waals surface area (Å²) in [4.78, 5) is 0. The lowest BCUT2D eigenvalue weighted by atomic mass is 9.76. The zero-order chi connectivity index (χ0) is 19.8. The molecular weight excluding hydrogens is 381 g/mol. The fourth-order valence-corrected chi connectivity index (χ4v) is 5.98. The SMILES string of the molecule is CS(=O)(=O)N[C@H]1CCCC2COc3ccccc3C3CCC(F)(CC3)OC[C@H]21. The minimum Gasteiger partial charge on any atom is -0.493 e. The van der Waals surface area contributed by atoms with E-state index in [4.69, 9.17) is 9.47 Å². The largest absolute Gasteiger partial charge is 0.493 e. The van der Waals surface area contributed by atoms with E-state index < -0.39 is 15.9 Å². The molecular formula is C21H30FNO4S. The first-order valence-electron chi connectivity index (χ1n) is 10.3. The van der Waals surface area contributed by atoms with E-state index in [0.717, 1.165) is 43.4 Å². The van der Waals surface area contributed by atoms with Crippen molar-refractivity contribution in [2.24, 2.45) is 11.8 Å². The van der Waals surface area contributed by atoms with Crippen LogP contribution in [0.3, 0.4) is 0 Å². The zero-order valence-corrected chi connectivity index (χ0v) is 17.2. The molecule has 5 nitrogen and oxygen atoms in total. The van der Waals surface area contributed by atoms with E-state index in [2.05, 4.69) is 10.8 Å². The van der Waals surface area contributed by atoms with Crippen molar-refractivity contribution in [2.75, 3.05) is 19.5 Å². The van der Waals surface area contributed by atoms with Crippen LogP contribution in [-0.4, -0.2) is 39.8 Å². The van der Waals surface area contributed by atoms with Gasteiger partial charge in [-0.25, -0.2) is 17.5 Å². The summed E-state index contributed by atoms with van der Waals surface area (Å²) in [7, 11) is -3.34. The van der Waals surface area contributed by atoms with Crippen molar-refractivity contribution in [2.45, 2.75) is 62.8 Å². The number of fused-ring (bicyclic) bond motifs is 4. The van der Waals surface area contributed by atoms with Crippen molar-refractivity contribution < 1.29 is 22.3 Å². The molecule has 2 saturated carbocycles. The Bertz CT molecular complexity index is 791. The number of hydrogen-bond acceptors (Lipinski definition) is 4. The number of hydrogen-bond donors (Lipinski definition) is 1. The Morgan fingerprint density at radius 2 is 1.86 bits per heavy atom. The van der Waals surface area contributed by atoms with E-state index in [1.807, 2.05) is 18.2 Å². The fraction of sp³-hybridized carbons (Fsp3) is 0.714. The molecule has 0 aromatic heterocycles. The van der Waals surface area contributed by atoms with Gasteiger partial charge in [0.2, 0.25) is 15.9 Å². The van der Waals surface area contributed by atoms with Crippen LogP contribution >= 0.6 is 0 Å². The predicted molar refractivity (Wildman–Crippen MR) is 106 cm³/mol. The normalized spacial score (nSPS) is 36.4. The van der Waals surface area contributed by atoms with Crippen LogP contribution in [0.25, 0.3) is 0 Å². The first-order chi connectivity index (χ1) is 13.3. The average molecular weight is 412 g/mol. The maximum absolute atomic E-state index is 15.3. The summed E-state index contributed by atoms with van der Waals surface area (Å²) < 4.78 is 53.9. The Kier molecular flexibility index (Phi) is 5.69. The van der Waals surface area contributed by atoms with Gasteiger partial charge in [-0.05, 0) is 49.1 Å². The lowest BCUT2D eigenvalue weighted by Gasteiger charge is -2.41. The molecule has 5 rings (SSSR count). The summed E-state index contributed by atoms with van der Waals surface area (Å²) in [5, 5.41) is 0. The second kappa shape index (κ2) is 7.92. The van der Waals surface area contributed by atoms with Crippen molar-refractivity contribution in [1.29, 1.82) is 0 Å².